The molecule has 2 aromatic carbocycles. The third kappa shape index (κ3) is 4.88. The number of ether oxygens (including phenoxy) is 1. The lowest BCUT2D eigenvalue weighted by Gasteiger charge is -2.39. The van der Waals surface area contributed by atoms with E-state index in [2.05, 4.69) is 27.0 Å². The summed E-state index contributed by atoms with van der Waals surface area (Å²) in [7, 11) is 0. The molecule has 0 bridgehead atoms. The summed E-state index contributed by atoms with van der Waals surface area (Å²) in [5, 5.41) is 3.96. The van der Waals surface area contributed by atoms with Crippen LogP contribution in [0.5, 0.6) is 0 Å². The summed E-state index contributed by atoms with van der Waals surface area (Å²) < 4.78 is 19.0. The molecule has 3 aromatic rings. The van der Waals surface area contributed by atoms with Gasteiger partial charge in [-0.25, -0.2) is 9.18 Å². The lowest BCUT2D eigenvalue weighted by atomic mass is 10.1. The number of nitrogens with one attached hydrogen (secondary N) is 2. The molecule has 1 atom stereocenters. The fraction of sp³-hybridized carbons (Fsp3) is 0.360. The Labute approximate surface area is 202 Å². The van der Waals surface area contributed by atoms with Crippen LogP contribution in [0.25, 0.3) is 10.9 Å². The van der Waals surface area contributed by atoms with Gasteiger partial charge in [-0.2, -0.15) is 0 Å². The number of rotatable bonds is 6. The molecule has 180 valence electrons. The molecule has 2 heterocycles. The van der Waals surface area contributed by atoms with E-state index in [0.717, 1.165) is 24.3 Å². The van der Waals surface area contributed by atoms with Crippen molar-refractivity contribution in [1.82, 2.24) is 9.88 Å². The average molecular weight is 487 g/mol. The molecule has 7 nitrogen and oxygen atoms in total. The molecule has 4 rings (SSSR count). The normalized spacial score (nSPS) is 15.4. The number of aryl methyl sites for hydroxylation is 1. The molecule has 1 aliphatic rings. The number of amides is 1. The number of aromatic nitrogens is 1. The zero-order chi connectivity index (χ0) is 24.4. The molecular weight excluding hydrogens is 459 g/mol. The number of hydrogen-bond acceptors (Lipinski definition) is 5. The number of piperazine rings is 1. The number of esters is 1. The summed E-state index contributed by atoms with van der Waals surface area (Å²) in [4.78, 5) is 33.0. The molecule has 1 aromatic heterocycles. The molecule has 2 N–H and O–H groups in total. The number of carbonyl (C=O) groups excluding carboxylic acids is 2. The van der Waals surface area contributed by atoms with Crippen molar-refractivity contribution in [3.63, 3.8) is 0 Å². The van der Waals surface area contributed by atoms with Crippen LogP contribution in [-0.2, 0) is 9.53 Å². The van der Waals surface area contributed by atoms with Crippen LogP contribution in [0.4, 0.5) is 15.8 Å². The van der Waals surface area contributed by atoms with Gasteiger partial charge in [0, 0.05) is 47.8 Å². The van der Waals surface area contributed by atoms with E-state index in [1.165, 1.54) is 18.2 Å². The molecule has 1 amide bonds. The zero-order valence-electron chi connectivity index (χ0n) is 19.5. The highest BCUT2D eigenvalue weighted by Gasteiger charge is 2.28. The molecular formula is C25H28ClFN4O3. The van der Waals surface area contributed by atoms with Gasteiger partial charge in [0.1, 0.15) is 11.5 Å². The Balaban J connectivity index is 1.49. The van der Waals surface area contributed by atoms with Gasteiger partial charge in [0.2, 0.25) is 5.91 Å². The Kier molecular flexibility index (Phi) is 7.09. The first-order valence-electron chi connectivity index (χ1n) is 11.3. The van der Waals surface area contributed by atoms with Gasteiger partial charge < -0.3 is 19.9 Å². The number of H-pyrrole nitrogens is 1. The van der Waals surface area contributed by atoms with E-state index in [9.17, 15) is 14.0 Å². The number of nitrogens with zero attached hydrogens (tertiary/aromatic N) is 2. The van der Waals surface area contributed by atoms with Gasteiger partial charge in [-0.3, -0.25) is 9.69 Å². The molecule has 34 heavy (non-hydrogen) atoms. The fourth-order valence-corrected chi connectivity index (χ4v) is 4.48. The molecule has 9 heteroatoms. The van der Waals surface area contributed by atoms with E-state index in [1.54, 1.807) is 6.92 Å². The molecule has 1 aliphatic heterocycles. The second kappa shape index (κ2) is 10.0. The van der Waals surface area contributed by atoms with Gasteiger partial charge in [-0.15, -0.1) is 0 Å². The standard InChI is InChI=1S/C25H28ClFN4O3/c1-4-34-25(33)23-22(19-14-18(27)7-8-20(19)28-23)29-24(32)16(3)30-9-11-31(12-10-30)21-13-17(26)6-5-15(21)2/h5-8,13-14,16,28H,4,9-12H2,1-3H3,(H,29,32)/t16-/m1/s1. The Morgan fingerprint density at radius 2 is 1.91 bits per heavy atom. The topological polar surface area (TPSA) is 77.7 Å². The van der Waals surface area contributed by atoms with E-state index >= 15 is 0 Å². The van der Waals surface area contributed by atoms with Crippen molar-refractivity contribution in [1.29, 1.82) is 0 Å². The van der Waals surface area contributed by atoms with E-state index < -0.39 is 17.8 Å². The first kappa shape index (κ1) is 24.0. The Hall–Kier alpha value is -3.10. The molecule has 0 aliphatic carbocycles. The van der Waals surface area contributed by atoms with Crippen LogP contribution >= 0.6 is 11.6 Å². The SMILES string of the molecule is CCOC(=O)c1[nH]c2ccc(F)cc2c1NC(=O)[C@@H](C)N1CCN(c2cc(Cl)ccc2C)CC1. The fourth-order valence-electron chi connectivity index (χ4n) is 4.32. The molecule has 1 fully saturated rings. The smallest absolute Gasteiger partial charge is 0.356 e. The van der Waals surface area contributed by atoms with Crippen LogP contribution in [0, 0.1) is 12.7 Å². The van der Waals surface area contributed by atoms with Crippen molar-refractivity contribution in [3.8, 4) is 0 Å². The van der Waals surface area contributed by atoms with Crippen LogP contribution in [0.1, 0.15) is 29.9 Å². The minimum Gasteiger partial charge on any atom is -0.461 e. The second-order valence-electron chi connectivity index (χ2n) is 8.40. The van der Waals surface area contributed by atoms with Crippen molar-refractivity contribution in [3.05, 3.63) is 58.5 Å². The van der Waals surface area contributed by atoms with Gasteiger partial charge >= 0.3 is 5.97 Å². The highest BCUT2D eigenvalue weighted by Crippen LogP contribution is 2.30. The maximum Gasteiger partial charge on any atom is 0.356 e. The van der Waals surface area contributed by atoms with Crippen molar-refractivity contribution in [2.45, 2.75) is 26.8 Å². The maximum absolute atomic E-state index is 13.9. The monoisotopic (exact) mass is 486 g/mol. The Bertz CT molecular complexity index is 1220. The Morgan fingerprint density at radius 1 is 1.18 bits per heavy atom. The quantitative estimate of drug-likeness (QED) is 0.498. The van der Waals surface area contributed by atoms with Crippen LogP contribution in [0.2, 0.25) is 5.02 Å². The summed E-state index contributed by atoms with van der Waals surface area (Å²) in [5.74, 6) is -1.34. The predicted molar refractivity (Wildman–Crippen MR) is 132 cm³/mol. The number of aromatic amines is 1. The molecule has 0 saturated carbocycles. The summed E-state index contributed by atoms with van der Waals surface area (Å²) in [6.45, 7) is 8.65. The van der Waals surface area contributed by atoms with Crippen molar-refractivity contribution in [2.75, 3.05) is 43.0 Å². The van der Waals surface area contributed by atoms with Crippen LogP contribution in [0.15, 0.2) is 36.4 Å². The lowest BCUT2D eigenvalue weighted by molar-refractivity contribution is -0.120. The number of fused-ring (bicyclic) bond motifs is 1. The number of anilines is 2. The van der Waals surface area contributed by atoms with Gasteiger partial charge in [-0.1, -0.05) is 17.7 Å². The van der Waals surface area contributed by atoms with Gasteiger partial charge in [0.05, 0.1) is 18.3 Å². The first-order chi connectivity index (χ1) is 16.3. The first-order valence-corrected chi connectivity index (χ1v) is 11.7. The molecule has 1 saturated heterocycles. The van der Waals surface area contributed by atoms with Crippen LogP contribution in [0.3, 0.4) is 0 Å². The molecule has 0 unspecified atom stereocenters. The van der Waals surface area contributed by atoms with E-state index in [0.29, 0.717) is 29.0 Å². The third-order valence-corrected chi connectivity index (χ3v) is 6.48. The van der Waals surface area contributed by atoms with Crippen molar-refractivity contribution >= 4 is 45.8 Å². The molecule has 0 spiro atoms. The minimum atomic E-state index is -0.604. The predicted octanol–water partition coefficient (Wildman–Crippen LogP) is 4.59. The van der Waals surface area contributed by atoms with Crippen LogP contribution in [-0.4, -0.2) is 60.6 Å². The third-order valence-electron chi connectivity index (χ3n) is 6.24. The lowest BCUT2D eigenvalue weighted by Crippen LogP contribution is -2.53. The van der Waals surface area contributed by atoms with Crippen molar-refractivity contribution in [2.24, 2.45) is 0 Å². The van der Waals surface area contributed by atoms with Gasteiger partial charge in [0.25, 0.3) is 0 Å². The molecule has 0 radical (unpaired) electrons. The minimum absolute atomic E-state index is 0.101. The number of hydrogen-bond donors (Lipinski definition) is 2. The van der Waals surface area contributed by atoms with Crippen LogP contribution < -0.4 is 10.2 Å². The highest BCUT2D eigenvalue weighted by molar-refractivity contribution is 6.30. The summed E-state index contributed by atoms with van der Waals surface area (Å²) in [6.07, 6.45) is 0. The largest absolute Gasteiger partial charge is 0.461 e. The van der Waals surface area contributed by atoms with E-state index in [1.807, 2.05) is 25.1 Å². The average Bonchev–Trinajstić information content (AvgIpc) is 3.18. The summed E-state index contributed by atoms with van der Waals surface area (Å²) in [6, 6.07) is 9.52. The summed E-state index contributed by atoms with van der Waals surface area (Å²) in [5.41, 5.74) is 3.13. The second-order valence-corrected chi connectivity index (χ2v) is 8.84. The van der Waals surface area contributed by atoms with E-state index in [4.69, 9.17) is 16.3 Å². The van der Waals surface area contributed by atoms with Crippen molar-refractivity contribution < 1.29 is 18.7 Å². The highest BCUT2D eigenvalue weighted by atomic mass is 35.5. The summed E-state index contributed by atoms with van der Waals surface area (Å²) >= 11 is 6.18. The van der Waals surface area contributed by atoms with Gasteiger partial charge in [0.15, 0.2) is 0 Å². The maximum atomic E-state index is 13.9. The van der Waals surface area contributed by atoms with Gasteiger partial charge in [-0.05, 0) is 56.7 Å². The van der Waals surface area contributed by atoms with E-state index in [-0.39, 0.29) is 23.9 Å². The number of carbonyl (C=O) groups is 2. The Morgan fingerprint density at radius 3 is 2.62 bits per heavy atom. The number of benzene rings is 2. The zero-order valence-corrected chi connectivity index (χ0v) is 20.2. The number of halogens is 2.